The average Bonchev–Trinajstić information content (AvgIpc) is 2.44. The Labute approximate surface area is 121 Å². The van der Waals surface area contributed by atoms with E-state index < -0.39 is 0 Å². The van der Waals surface area contributed by atoms with Gasteiger partial charge >= 0.3 is 0 Å². The third-order valence-corrected chi connectivity index (χ3v) is 3.04. The summed E-state index contributed by atoms with van der Waals surface area (Å²) >= 11 is 0. The lowest BCUT2D eigenvalue weighted by molar-refractivity contribution is 0.600. The summed E-state index contributed by atoms with van der Waals surface area (Å²) in [5.74, 6) is 0.994. The monoisotopic (exact) mass is 275 g/mol. The first-order valence-corrected chi connectivity index (χ1v) is 6.83. The molecule has 0 aromatic heterocycles. The van der Waals surface area contributed by atoms with E-state index in [0.717, 1.165) is 12.8 Å². The normalized spacial score (nSPS) is 14.0. The van der Waals surface area contributed by atoms with E-state index in [4.69, 9.17) is 5.73 Å². The Morgan fingerprint density at radius 3 is 2.65 bits per heavy atom. The first-order valence-electron chi connectivity index (χ1n) is 6.83. The Morgan fingerprint density at radius 2 is 2.05 bits per heavy atom. The highest BCUT2D eigenvalue weighted by molar-refractivity contribution is 5.97. The molecule has 1 aromatic carbocycles. The molecule has 0 aliphatic carbocycles. The number of hydrogen-bond acceptors (Lipinski definition) is 2. The van der Waals surface area contributed by atoms with Gasteiger partial charge in [-0.15, -0.1) is 0 Å². The van der Waals surface area contributed by atoms with Crippen LogP contribution in [0.3, 0.4) is 0 Å². The zero-order chi connectivity index (χ0) is 15.0. The number of benzene rings is 1. The molecule has 1 unspecified atom stereocenters. The zero-order valence-electron chi connectivity index (χ0n) is 12.8. The second-order valence-corrected chi connectivity index (χ2v) is 4.88. The summed E-state index contributed by atoms with van der Waals surface area (Å²) in [6.45, 7) is 4.24. The molecule has 1 rings (SSSR count). The number of aliphatic imine (C=N–C) groups is 2. The minimum absolute atomic E-state index is 0.298. The standard InChI is InChI=1S/C15H25N5/c1-11-6-5-7-13(10-11)9-8-12(2)19-15(18-4)20-14(16)17-3/h5-7,10,12H,8-9H2,1-4H3,(H4,16,17,18,19,20). The van der Waals surface area contributed by atoms with E-state index in [1.54, 1.807) is 14.1 Å². The Morgan fingerprint density at radius 1 is 1.30 bits per heavy atom. The van der Waals surface area contributed by atoms with Crippen LogP contribution >= 0.6 is 0 Å². The SMILES string of the molecule is CN=C(N)NC(=NC)NC(C)CCc1cccc(C)c1. The molecule has 0 heterocycles. The molecule has 0 bridgehead atoms. The van der Waals surface area contributed by atoms with Gasteiger partial charge in [-0.25, -0.2) is 0 Å². The van der Waals surface area contributed by atoms with Crippen LogP contribution in [0.4, 0.5) is 0 Å². The Bertz CT molecular complexity index is 479. The van der Waals surface area contributed by atoms with Crippen LogP contribution in [0.15, 0.2) is 34.3 Å². The quantitative estimate of drug-likeness (QED) is 0.575. The van der Waals surface area contributed by atoms with Crippen LogP contribution in [0.1, 0.15) is 24.5 Å². The van der Waals surface area contributed by atoms with Crippen molar-refractivity contribution < 1.29 is 0 Å². The summed E-state index contributed by atoms with van der Waals surface area (Å²) in [6.07, 6.45) is 2.05. The molecule has 5 nitrogen and oxygen atoms in total. The predicted molar refractivity (Wildman–Crippen MR) is 86.1 cm³/mol. The van der Waals surface area contributed by atoms with Crippen molar-refractivity contribution in [1.29, 1.82) is 0 Å². The minimum Gasteiger partial charge on any atom is -0.370 e. The van der Waals surface area contributed by atoms with Crippen LogP contribution in [0, 0.1) is 6.92 Å². The molecule has 1 atom stereocenters. The van der Waals surface area contributed by atoms with Gasteiger partial charge in [0.25, 0.3) is 0 Å². The molecular formula is C15H25N5. The summed E-state index contributed by atoms with van der Waals surface area (Å²) in [5, 5.41) is 6.22. The maximum atomic E-state index is 5.62. The number of rotatable bonds is 4. The number of guanidine groups is 2. The first-order chi connectivity index (χ1) is 9.55. The molecule has 4 N–H and O–H groups in total. The molecule has 20 heavy (non-hydrogen) atoms. The number of nitrogens with zero attached hydrogens (tertiary/aromatic N) is 2. The summed E-state index contributed by atoms with van der Waals surface area (Å²) in [7, 11) is 3.35. The van der Waals surface area contributed by atoms with Crippen molar-refractivity contribution in [3.05, 3.63) is 35.4 Å². The molecule has 0 aliphatic heterocycles. The highest BCUT2D eigenvalue weighted by atomic mass is 15.2. The molecule has 0 saturated heterocycles. The van der Waals surface area contributed by atoms with E-state index in [0.29, 0.717) is 18.0 Å². The molecule has 5 heteroatoms. The highest BCUT2D eigenvalue weighted by Crippen LogP contribution is 2.07. The van der Waals surface area contributed by atoms with Gasteiger partial charge in [-0.05, 0) is 32.3 Å². The molecular weight excluding hydrogens is 250 g/mol. The Hall–Kier alpha value is -2.04. The van der Waals surface area contributed by atoms with Gasteiger partial charge in [-0.2, -0.15) is 0 Å². The smallest absolute Gasteiger partial charge is 0.198 e. The lowest BCUT2D eigenvalue weighted by Gasteiger charge is -2.17. The average molecular weight is 275 g/mol. The van der Waals surface area contributed by atoms with Crippen molar-refractivity contribution in [2.24, 2.45) is 15.7 Å². The predicted octanol–water partition coefficient (Wildman–Crippen LogP) is 1.43. The summed E-state index contributed by atoms with van der Waals surface area (Å²) < 4.78 is 0. The van der Waals surface area contributed by atoms with Crippen molar-refractivity contribution in [3.63, 3.8) is 0 Å². The van der Waals surface area contributed by atoms with Gasteiger partial charge in [0, 0.05) is 20.1 Å². The van der Waals surface area contributed by atoms with E-state index in [1.165, 1.54) is 11.1 Å². The summed E-state index contributed by atoms with van der Waals surface area (Å²) in [4.78, 5) is 7.97. The van der Waals surface area contributed by atoms with Crippen molar-refractivity contribution in [2.75, 3.05) is 14.1 Å². The fraction of sp³-hybridized carbons (Fsp3) is 0.467. The molecule has 0 saturated carbocycles. The van der Waals surface area contributed by atoms with E-state index in [1.807, 2.05) is 0 Å². The van der Waals surface area contributed by atoms with Crippen LogP contribution in [0.25, 0.3) is 0 Å². The maximum absolute atomic E-state index is 5.62. The summed E-state index contributed by atoms with van der Waals surface area (Å²) in [5.41, 5.74) is 8.28. The number of nitrogens with one attached hydrogen (secondary N) is 2. The van der Waals surface area contributed by atoms with Crippen molar-refractivity contribution in [3.8, 4) is 0 Å². The third-order valence-electron chi connectivity index (χ3n) is 3.04. The maximum Gasteiger partial charge on any atom is 0.198 e. The molecule has 0 amide bonds. The number of aryl methyl sites for hydroxylation is 2. The van der Waals surface area contributed by atoms with Gasteiger partial charge in [-0.1, -0.05) is 29.8 Å². The van der Waals surface area contributed by atoms with Gasteiger partial charge in [-0.3, -0.25) is 15.3 Å². The lowest BCUT2D eigenvalue weighted by Crippen LogP contribution is -2.47. The fourth-order valence-electron chi connectivity index (χ4n) is 1.89. The van der Waals surface area contributed by atoms with Crippen LogP contribution in [0.2, 0.25) is 0 Å². The third kappa shape index (κ3) is 5.73. The van der Waals surface area contributed by atoms with Gasteiger partial charge in [0.05, 0.1) is 0 Å². The van der Waals surface area contributed by atoms with Crippen LogP contribution in [-0.4, -0.2) is 32.1 Å². The number of nitrogens with two attached hydrogens (primary N) is 1. The molecule has 0 radical (unpaired) electrons. The second-order valence-electron chi connectivity index (χ2n) is 4.88. The van der Waals surface area contributed by atoms with Crippen LogP contribution in [0.5, 0.6) is 0 Å². The fourth-order valence-corrected chi connectivity index (χ4v) is 1.89. The first kappa shape index (κ1) is 16.0. The molecule has 0 fully saturated rings. The number of hydrogen-bond donors (Lipinski definition) is 3. The van der Waals surface area contributed by atoms with E-state index in [-0.39, 0.29) is 0 Å². The summed E-state index contributed by atoms with van der Waals surface area (Å²) in [6, 6.07) is 8.90. The Balaban J connectivity index is 2.44. The molecule has 0 spiro atoms. The molecule has 110 valence electrons. The molecule has 1 aromatic rings. The van der Waals surface area contributed by atoms with E-state index in [9.17, 15) is 0 Å². The minimum atomic E-state index is 0.298. The largest absolute Gasteiger partial charge is 0.370 e. The van der Waals surface area contributed by atoms with Crippen LogP contribution in [-0.2, 0) is 6.42 Å². The van der Waals surface area contributed by atoms with Crippen molar-refractivity contribution in [2.45, 2.75) is 32.7 Å². The van der Waals surface area contributed by atoms with Gasteiger partial charge in [0.15, 0.2) is 11.9 Å². The van der Waals surface area contributed by atoms with E-state index >= 15 is 0 Å². The zero-order valence-corrected chi connectivity index (χ0v) is 12.8. The Kier molecular flexibility index (Phi) is 6.56. The van der Waals surface area contributed by atoms with Crippen molar-refractivity contribution in [1.82, 2.24) is 10.6 Å². The van der Waals surface area contributed by atoms with Gasteiger partial charge < -0.3 is 11.1 Å². The lowest BCUT2D eigenvalue weighted by atomic mass is 10.0. The molecule has 0 aliphatic rings. The topological polar surface area (TPSA) is 74.8 Å². The second kappa shape index (κ2) is 8.19. The van der Waals surface area contributed by atoms with Crippen LogP contribution < -0.4 is 16.4 Å². The van der Waals surface area contributed by atoms with Crippen molar-refractivity contribution >= 4 is 11.9 Å². The van der Waals surface area contributed by atoms with Gasteiger partial charge in [0.1, 0.15) is 0 Å². The van der Waals surface area contributed by atoms with Gasteiger partial charge in [0.2, 0.25) is 0 Å². The van der Waals surface area contributed by atoms with E-state index in [2.05, 4.69) is 58.7 Å². The highest BCUT2D eigenvalue weighted by Gasteiger charge is 2.06.